The summed E-state index contributed by atoms with van der Waals surface area (Å²) in [6, 6.07) is 0. The second kappa shape index (κ2) is 2.71. The van der Waals surface area contributed by atoms with E-state index >= 15 is 0 Å². The summed E-state index contributed by atoms with van der Waals surface area (Å²) in [5.41, 5.74) is -0.800. The van der Waals surface area contributed by atoms with Crippen molar-refractivity contribution < 1.29 is 0 Å². The molecule has 0 unspecified atom stereocenters. The fraction of sp³-hybridized carbons (Fsp3) is 0.500. The van der Waals surface area contributed by atoms with Gasteiger partial charge in [-0.25, -0.2) is 14.2 Å². The summed E-state index contributed by atoms with van der Waals surface area (Å²) < 4.78 is 3.73. The summed E-state index contributed by atoms with van der Waals surface area (Å²) in [7, 11) is 4.48. The zero-order valence-electron chi connectivity index (χ0n) is 7.07. The van der Waals surface area contributed by atoms with Crippen molar-refractivity contribution in [2.45, 2.75) is 0 Å². The molecule has 6 heteroatoms. The molecular weight excluding hydrogens is 178 g/mol. The van der Waals surface area contributed by atoms with Gasteiger partial charge in [0.25, 0.3) is 0 Å². The predicted molar refractivity (Wildman–Crippen MR) is 46.7 cm³/mol. The van der Waals surface area contributed by atoms with Gasteiger partial charge in [-0.2, -0.15) is 0 Å². The summed E-state index contributed by atoms with van der Waals surface area (Å²) in [4.78, 5) is 22.4. The minimum absolute atomic E-state index is 0.225. The molecule has 0 spiro atoms. The van der Waals surface area contributed by atoms with Crippen molar-refractivity contribution in [1.82, 2.24) is 13.7 Å². The lowest BCUT2D eigenvalue weighted by molar-refractivity contribution is 0.569. The van der Waals surface area contributed by atoms with Gasteiger partial charge in [-0.15, -0.1) is 0 Å². The van der Waals surface area contributed by atoms with E-state index in [2.05, 4.69) is 0 Å². The summed E-state index contributed by atoms with van der Waals surface area (Å²) in [6.45, 7) is 0. The predicted octanol–water partition coefficient (Wildman–Crippen LogP) is -0.848. The Morgan fingerprint density at radius 2 is 1.25 bits per heavy atom. The van der Waals surface area contributed by atoms with Crippen molar-refractivity contribution in [3.8, 4) is 0 Å². The van der Waals surface area contributed by atoms with Crippen molar-refractivity contribution in [3.63, 3.8) is 0 Å². The molecular formula is C6H9N3O2S. The maximum atomic E-state index is 11.2. The maximum absolute atomic E-state index is 11.2. The van der Waals surface area contributed by atoms with Gasteiger partial charge in [-0.3, -0.25) is 9.13 Å². The first-order valence-corrected chi connectivity index (χ1v) is 3.70. The number of hydrogen-bond acceptors (Lipinski definition) is 3. The standard InChI is InChI=1S/C6H9N3O2S/c1-7-4(10)8(2)6(12)9(3)5(7)11/h1-3H3. The first kappa shape index (κ1) is 8.92. The van der Waals surface area contributed by atoms with Crippen LogP contribution in [0.15, 0.2) is 9.59 Å². The van der Waals surface area contributed by atoms with Crippen LogP contribution >= 0.6 is 12.2 Å². The van der Waals surface area contributed by atoms with Crippen molar-refractivity contribution >= 4 is 12.2 Å². The van der Waals surface area contributed by atoms with Gasteiger partial charge in [-0.05, 0) is 12.2 Å². The van der Waals surface area contributed by atoms with Gasteiger partial charge in [0, 0.05) is 21.1 Å². The Labute approximate surface area is 73.5 Å². The molecule has 12 heavy (non-hydrogen) atoms. The molecule has 1 heterocycles. The fourth-order valence-corrected chi connectivity index (χ4v) is 1.08. The Morgan fingerprint density at radius 1 is 0.917 bits per heavy atom. The van der Waals surface area contributed by atoms with Gasteiger partial charge in [0.15, 0.2) is 4.77 Å². The molecule has 0 fully saturated rings. The summed E-state index contributed by atoms with van der Waals surface area (Å²) in [5, 5.41) is 0. The molecule has 0 atom stereocenters. The molecule has 1 aromatic heterocycles. The van der Waals surface area contributed by atoms with Gasteiger partial charge in [0.2, 0.25) is 0 Å². The zero-order chi connectivity index (χ0) is 9.46. The van der Waals surface area contributed by atoms with Gasteiger partial charge in [0.1, 0.15) is 0 Å². The van der Waals surface area contributed by atoms with Crippen LogP contribution in [0, 0.1) is 4.77 Å². The van der Waals surface area contributed by atoms with E-state index in [4.69, 9.17) is 12.2 Å². The lowest BCUT2D eigenvalue weighted by atomic mass is 10.8. The molecule has 0 radical (unpaired) electrons. The number of rotatable bonds is 0. The van der Waals surface area contributed by atoms with Crippen LogP contribution in [-0.4, -0.2) is 13.7 Å². The maximum Gasteiger partial charge on any atom is 0.333 e. The van der Waals surface area contributed by atoms with Crippen molar-refractivity contribution in [3.05, 3.63) is 25.7 Å². The van der Waals surface area contributed by atoms with Crippen molar-refractivity contribution in [1.29, 1.82) is 0 Å². The molecule has 0 aromatic carbocycles. The lowest BCUT2D eigenvalue weighted by Gasteiger charge is -2.04. The minimum Gasteiger partial charge on any atom is -0.273 e. The summed E-state index contributed by atoms with van der Waals surface area (Å²) >= 11 is 4.84. The number of hydrogen-bond donors (Lipinski definition) is 0. The van der Waals surface area contributed by atoms with E-state index in [9.17, 15) is 9.59 Å². The van der Waals surface area contributed by atoms with Gasteiger partial charge < -0.3 is 0 Å². The highest BCUT2D eigenvalue weighted by Crippen LogP contribution is 1.77. The smallest absolute Gasteiger partial charge is 0.273 e. The molecule has 0 aliphatic heterocycles. The molecule has 0 saturated carbocycles. The molecule has 0 saturated heterocycles. The monoisotopic (exact) mass is 187 g/mol. The highest BCUT2D eigenvalue weighted by Gasteiger charge is 2.02. The van der Waals surface area contributed by atoms with E-state index in [-0.39, 0.29) is 4.77 Å². The van der Waals surface area contributed by atoms with Crippen LogP contribution in [-0.2, 0) is 21.1 Å². The first-order valence-electron chi connectivity index (χ1n) is 3.30. The van der Waals surface area contributed by atoms with E-state index < -0.39 is 11.4 Å². The normalized spacial score (nSPS) is 10.2. The second-order valence-electron chi connectivity index (χ2n) is 2.52. The topological polar surface area (TPSA) is 48.9 Å². The highest BCUT2D eigenvalue weighted by atomic mass is 32.1. The Balaban J connectivity index is 4.00. The van der Waals surface area contributed by atoms with Gasteiger partial charge in [-0.1, -0.05) is 0 Å². The highest BCUT2D eigenvalue weighted by molar-refractivity contribution is 7.71. The van der Waals surface area contributed by atoms with Gasteiger partial charge in [0.05, 0.1) is 0 Å². The SMILES string of the molecule is Cn1c(=O)n(C)c(=S)n(C)c1=O. The largest absolute Gasteiger partial charge is 0.333 e. The van der Waals surface area contributed by atoms with E-state index in [0.717, 1.165) is 4.57 Å². The Bertz CT molecular complexity index is 377. The Morgan fingerprint density at radius 3 is 1.58 bits per heavy atom. The summed E-state index contributed by atoms with van der Waals surface area (Å²) in [6.07, 6.45) is 0. The minimum atomic E-state index is -0.400. The average Bonchev–Trinajstić information content (AvgIpc) is 2.08. The second-order valence-corrected chi connectivity index (χ2v) is 2.89. The number of aromatic nitrogens is 3. The third-order valence-electron chi connectivity index (χ3n) is 1.72. The van der Waals surface area contributed by atoms with Crippen LogP contribution in [0.25, 0.3) is 0 Å². The van der Waals surface area contributed by atoms with Crippen LogP contribution in [0.1, 0.15) is 0 Å². The van der Waals surface area contributed by atoms with E-state index in [0.29, 0.717) is 0 Å². The van der Waals surface area contributed by atoms with Crippen LogP contribution in [0.5, 0.6) is 0 Å². The van der Waals surface area contributed by atoms with Crippen molar-refractivity contribution in [2.24, 2.45) is 21.1 Å². The molecule has 66 valence electrons. The molecule has 1 rings (SSSR count). The first-order chi connectivity index (χ1) is 5.46. The fourth-order valence-electron chi connectivity index (χ4n) is 0.920. The van der Waals surface area contributed by atoms with Crippen LogP contribution in [0.3, 0.4) is 0 Å². The molecule has 5 nitrogen and oxygen atoms in total. The lowest BCUT2D eigenvalue weighted by Crippen LogP contribution is -2.42. The molecule has 0 N–H and O–H groups in total. The van der Waals surface area contributed by atoms with Crippen LogP contribution < -0.4 is 11.4 Å². The van der Waals surface area contributed by atoms with E-state index in [1.54, 1.807) is 0 Å². The summed E-state index contributed by atoms with van der Waals surface area (Å²) in [5.74, 6) is 0. The third-order valence-corrected chi connectivity index (χ3v) is 2.27. The molecule has 0 aliphatic carbocycles. The quantitative estimate of drug-likeness (QED) is 0.497. The molecule has 1 aromatic rings. The molecule has 0 amide bonds. The van der Waals surface area contributed by atoms with E-state index in [1.165, 1.54) is 30.3 Å². The molecule has 0 aliphatic rings. The van der Waals surface area contributed by atoms with Crippen LogP contribution in [0.4, 0.5) is 0 Å². The van der Waals surface area contributed by atoms with Crippen LogP contribution in [0.2, 0.25) is 0 Å². The zero-order valence-corrected chi connectivity index (χ0v) is 7.88. The average molecular weight is 187 g/mol. The Kier molecular flexibility index (Phi) is 2.01. The number of nitrogens with zero attached hydrogens (tertiary/aromatic N) is 3. The third kappa shape index (κ3) is 1.04. The Hall–Kier alpha value is -1.17. The van der Waals surface area contributed by atoms with Crippen molar-refractivity contribution in [2.75, 3.05) is 0 Å². The van der Waals surface area contributed by atoms with E-state index in [1.807, 2.05) is 0 Å². The molecule has 0 bridgehead atoms. The van der Waals surface area contributed by atoms with Gasteiger partial charge >= 0.3 is 11.4 Å².